The number of hydrogen-bond acceptors (Lipinski definition) is 6. The van der Waals surface area contributed by atoms with Crippen LogP contribution in [0.1, 0.15) is 36.0 Å². The highest BCUT2D eigenvalue weighted by molar-refractivity contribution is 5.80. The minimum atomic E-state index is 0.0278. The van der Waals surface area contributed by atoms with E-state index in [4.69, 9.17) is 9.47 Å². The van der Waals surface area contributed by atoms with Gasteiger partial charge in [0.05, 0.1) is 5.92 Å². The predicted octanol–water partition coefficient (Wildman–Crippen LogP) is 3.10. The third-order valence-electron chi connectivity index (χ3n) is 8.43. The number of hydrogen-bond donors (Lipinski definition) is 1. The Kier molecular flexibility index (Phi) is 7.25. The second-order valence-corrected chi connectivity index (χ2v) is 11.3. The largest absolute Gasteiger partial charge is 0.486 e. The maximum absolute atomic E-state index is 13.5. The Balaban J connectivity index is 1.11. The van der Waals surface area contributed by atoms with Crippen LogP contribution in [0.15, 0.2) is 36.4 Å². The number of fused-ring (bicyclic) bond motifs is 2. The molecule has 198 valence electrons. The fraction of sp³-hybridized carbons (Fsp3) is 0.567. The van der Waals surface area contributed by atoms with Gasteiger partial charge in [0.15, 0.2) is 11.5 Å². The van der Waals surface area contributed by atoms with Crippen molar-refractivity contribution in [2.45, 2.75) is 44.7 Å². The van der Waals surface area contributed by atoms with E-state index in [2.05, 4.69) is 57.4 Å². The molecule has 7 heteroatoms. The van der Waals surface area contributed by atoms with Crippen LogP contribution >= 0.6 is 0 Å². The second-order valence-electron chi connectivity index (χ2n) is 11.3. The van der Waals surface area contributed by atoms with Crippen LogP contribution < -0.4 is 19.7 Å². The first-order valence-electron chi connectivity index (χ1n) is 14.1. The van der Waals surface area contributed by atoms with Crippen molar-refractivity contribution in [3.8, 4) is 11.5 Å². The van der Waals surface area contributed by atoms with Crippen molar-refractivity contribution in [3.63, 3.8) is 0 Å². The number of rotatable bonds is 7. The molecule has 37 heavy (non-hydrogen) atoms. The monoisotopic (exact) mass is 504 g/mol. The van der Waals surface area contributed by atoms with Crippen LogP contribution in [0, 0.1) is 5.92 Å². The standard InChI is InChI=1S/C30H40N4O3/c1-32-12-8-23-5-6-27(18-25(23)19-32)34-13-9-24(20-34)30(35)31-26(21-33-10-2-3-11-33)16-22-4-7-28-29(17-22)37-15-14-36-28/h4-7,17-18,24,26H,2-3,8-16,19-21H2,1H3,(H,31,35). The Bertz CT molecular complexity index is 1120. The molecule has 4 aliphatic rings. The Hall–Kier alpha value is -2.77. The molecule has 0 aliphatic carbocycles. The van der Waals surface area contributed by atoms with E-state index in [0.29, 0.717) is 13.2 Å². The van der Waals surface area contributed by atoms with Gasteiger partial charge in [-0.05, 0) is 93.2 Å². The van der Waals surface area contributed by atoms with Gasteiger partial charge in [-0.2, -0.15) is 0 Å². The molecule has 0 radical (unpaired) electrons. The van der Waals surface area contributed by atoms with E-state index in [-0.39, 0.29) is 17.9 Å². The normalized spacial score (nSPS) is 22.6. The maximum atomic E-state index is 13.5. The predicted molar refractivity (Wildman–Crippen MR) is 146 cm³/mol. The van der Waals surface area contributed by atoms with Crippen molar-refractivity contribution in [1.82, 2.24) is 15.1 Å². The minimum absolute atomic E-state index is 0.0278. The van der Waals surface area contributed by atoms with E-state index in [1.165, 1.54) is 35.2 Å². The van der Waals surface area contributed by atoms with E-state index >= 15 is 0 Å². The molecule has 4 aliphatic heterocycles. The van der Waals surface area contributed by atoms with Crippen LogP contribution in [0.4, 0.5) is 5.69 Å². The molecule has 4 heterocycles. The van der Waals surface area contributed by atoms with Gasteiger partial charge in [0.1, 0.15) is 13.2 Å². The van der Waals surface area contributed by atoms with Crippen LogP contribution in [0.3, 0.4) is 0 Å². The summed E-state index contributed by atoms with van der Waals surface area (Å²) in [6, 6.07) is 13.2. The summed E-state index contributed by atoms with van der Waals surface area (Å²) in [5.74, 6) is 1.86. The lowest BCUT2D eigenvalue weighted by Gasteiger charge is -2.28. The van der Waals surface area contributed by atoms with E-state index in [9.17, 15) is 4.79 Å². The highest BCUT2D eigenvalue weighted by atomic mass is 16.6. The molecule has 0 spiro atoms. The fourth-order valence-electron chi connectivity index (χ4n) is 6.35. The first kappa shape index (κ1) is 24.6. The molecule has 0 bridgehead atoms. The van der Waals surface area contributed by atoms with E-state index in [1.807, 2.05) is 6.07 Å². The Morgan fingerprint density at radius 3 is 2.70 bits per heavy atom. The number of nitrogens with one attached hydrogen (secondary N) is 1. The number of carbonyl (C=O) groups excluding carboxylic acids is 1. The molecule has 0 saturated carbocycles. The first-order chi connectivity index (χ1) is 18.1. The molecule has 2 atom stereocenters. The number of nitrogens with zero attached hydrogens (tertiary/aromatic N) is 3. The number of carbonyl (C=O) groups is 1. The molecule has 2 fully saturated rings. The van der Waals surface area contributed by atoms with Gasteiger partial charge >= 0.3 is 0 Å². The van der Waals surface area contributed by atoms with Gasteiger partial charge in [-0.15, -0.1) is 0 Å². The second kappa shape index (κ2) is 10.9. The SMILES string of the molecule is CN1CCc2ccc(N3CCC(C(=O)NC(Cc4ccc5c(c4)OCCO5)CN4CCCC4)C3)cc2C1. The van der Waals surface area contributed by atoms with E-state index in [1.54, 1.807) is 0 Å². The van der Waals surface area contributed by atoms with Gasteiger partial charge in [-0.25, -0.2) is 0 Å². The molecular formula is C30H40N4O3. The summed E-state index contributed by atoms with van der Waals surface area (Å²) >= 11 is 0. The maximum Gasteiger partial charge on any atom is 0.225 e. The molecule has 0 aromatic heterocycles. The van der Waals surface area contributed by atoms with E-state index in [0.717, 1.165) is 76.6 Å². The topological polar surface area (TPSA) is 57.3 Å². The van der Waals surface area contributed by atoms with Crippen LogP contribution in [0.5, 0.6) is 11.5 Å². The summed E-state index contributed by atoms with van der Waals surface area (Å²) in [5.41, 5.74) is 5.35. The number of likely N-dealkylation sites (tertiary alicyclic amines) is 1. The number of ether oxygens (including phenoxy) is 2. The van der Waals surface area contributed by atoms with Crippen LogP contribution in [0.25, 0.3) is 0 Å². The first-order valence-corrected chi connectivity index (χ1v) is 14.1. The average molecular weight is 505 g/mol. The third kappa shape index (κ3) is 5.73. The molecule has 2 aromatic rings. The van der Waals surface area contributed by atoms with Crippen molar-refractivity contribution in [2.75, 3.05) is 64.4 Å². The quantitative estimate of drug-likeness (QED) is 0.626. The lowest BCUT2D eigenvalue weighted by Crippen LogP contribution is -2.46. The van der Waals surface area contributed by atoms with Gasteiger partial charge in [-0.3, -0.25) is 4.79 Å². The molecule has 1 amide bonds. The van der Waals surface area contributed by atoms with Gasteiger partial charge in [0.25, 0.3) is 0 Å². The molecule has 2 saturated heterocycles. The van der Waals surface area contributed by atoms with Gasteiger partial charge in [-0.1, -0.05) is 12.1 Å². The van der Waals surface area contributed by atoms with Gasteiger partial charge in [0, 0.05) is 44.5 Å². The van der Waals surface area contributed by atoms with Crippen molar-refractivity contribution >= 4 is 11.6 Å². The van der Waals surface area contributed by atoms with Crippen LogP contribution in [-0.4, -0.2) is 81.3 Å². The zero-order chi connectivity index (χ0) is 25.2. The number of amides is 1. The summed E-state index contributed by atoms with van der Waals surface area (Å²) in [6.07, 6.45) is 5.33. The van der Waals surface area contributed by atoms with Crippen LogP contribution in [-0.2, 0) is 24.2 Å². The lowest BCUT2D eigenvalue weighted by molar-refractivity contribution is -0.125. The Morgan fingerprint density at radius 2 is 1.84 bits per heavy atom. The summed E-state index contributed by atoms with van der Waals surface area (Å²) in [6.45, 7) is 8.20. The number of anilines is 1. The molecule has 1 N–H and O–H groups in total. The summed E-state index contributed by atoms with van der Waals surface area (Å²) in [5, 5.41) is 3.46. The number of benzene rings is 2. The molecule has 6 rings (SSSR count). The molecule has 7 nitrogen and oxygen atoms in total. The lowest BCUT2D eigenvalue weighted by atomic mass is 9.99. The zero-order valence-corrected chi connectivity index (χ0v) is 22.1. The van der Waals surface area contributed by atoms with Crippen molar-refractivity contribution in [1.29, 1.82) is 0 Å². The highest BCUT2D eigenvalue weighted by Crippen LogP contribution is 2.32. The summed E-state index contributed by atoms with van der Waals surface area (Å²) in [4.78, 5) is 20.8. The molecule has 2 unspecified atom stereocenters. The smallest absolute Gasteiger partial charge is 0.225 e. The summed E-state index contributed by atoms with van der Waals surface area (Å²) < 4.78 is 11.5. The minimum Gasteiger partial charge on any atom is -0.486 e. The Morgan fingerprint density at radius 1 is 1.00 bits per heavy atom. The zero-order valence-electron chi connectivity index (χ0n) is 22.1. The third-order valence-corrected chi connectivity index (χ3v) is 8.43. The van der Waals surface area contributed by atoms with Crippen molar-refractivity contribution in [3.05, 3.63) is 53.1 Å². The molecule has 2 aromatic carbocycles. The summed E-state index contributed by atoms with van der Waals surface area (Å²) in [7, 11) is 2.19. The van der Waals surface area contributed by atoms with Crippen molar-refractivity contribution in [2.24, 2.45) is 5.92 Å². The van der Waals surface area contributed by atoms with Crippen LogP contribution in [0.2, 0.25) is 0 Å². The van der Waals surface area contributed by atoms with Gasteiger partial charge < -0.3 is 29.5 Å². The molecular weight excluding hydrogens is 464 g/mol. The van der Waals surface area contributed by atoms with E-state index < -0.39 is 0 Å². The Labute approximate surface area is 220 Å². The van der Waals surface area contributed by atoms with Gasteiger partial charge in [0.2, 0.25) is 5.91 Å². The van der Waals surface area contributed by atoms with Crippen molar-refractivity contribution < 1.29 is 14.3 Å². The highest BCUT2D eigenvalue weighted by Gasteiger charge is 2.31. The number of likely N-dealkylation sites (N-methyl/N-ethyl adjacent to an activating group) is 1. The fourth-order valence-corrected chi connectivity index (χ4v) is 6.35. The average Bonchev–Trinajstić information content (AvgIpc) is 3.61.